The summed E-state index contributed by atoms with van der Waals surface area (Å²) in [4.78, 5) is 0. The molecule has 0 saturated carbocycles. The molecule has 0 fully saturated rings. The number of nitrogens with one attached hydrogen (secondary N) is 1. The molecule has 0 saturated heterocycles. The van der Waals surface area contributed by atoms with E-state index in [1.807, 2.05) is 31.2 Å². The smallest absolute Gasteiger partial charge is 0.129 e. The highest BCUT2D eigenvalue weighted by Crippen LogP contribution is 2.19. The fourth-order valence-corrected chi connectivity index (χ4v) is 1.87. The topological polar surface area (TPSA) is 54.6 Å². The maximum Gasteiger partial charge on any atom is 0.129 e. The molecular formula is C15H18ClNO3. The van der Waals surface area contributed by atoms with Crippen molar-refractivity contribution in [2.24, 2.45) is 0 Å². The second-order valence-electron chi connectivity index (χ2n) is 4.59. The number of aliphatic hydroxyl groups is 1. The summed E-state index contributed by atoms with van der Waals surface area (Å²) in [6.07, 6.45) is 1.00. The molecule has 1 heterocycles. The van der Waals surface area contributed by atoms with Crippen molar-refractivity contribution < 1.29 is 14.3 Å². The number of hydrogen-bond acceptors (Lipinski definition) is 4. The van der Waals surface area contributed by atoms with Crippen molar-refractivity contribution in [3.8, 4) is 0 Å². The Kier molecular flexibility index (Phi) is 5.47. The molecule has 0 spiro atoms. The molecule has 0 aliphatic carbocycles. The lowest BCUT2D eigenvalue weighted by atomic mass is 10.2. The van der Waals surface area contributed by atoms with Gasteiger partial charge in [0.1, 0.15) is 12.4 Å². The van der Waals surface area contributed by atoms with Crippen molar-refractivity contribution in [1.29, 1.82) is 0 Å². The molecule has 0 radical (unpaired) electrons. The van der Waals surface area contributed by atoms with Crippen LogP contribution in [0.1, 0.15) is 11.3 Å². The van der Waals surface area contributed by atoms with E-state index in [-0.39, 0.29) is 6.61 Å². The Bertz CT molecular complexity index is 528. The summed E-state index contributed by atoms with van der Waals surface area (Å²) < 4.78 is 10.5. The van der Waals surface area contributed by atoms with Crippen LogP contribution < -0.4 is 5.32 Å². The molecule has 0 bridgehead atoms. The van der Waals surface area contributed by atoms with E-state index in [0.29, 0.717) is 18.2 Å². The van der Waals surface area contributed by atoms with E-state index in [4.69, 9.17) is 20.8 Å². The normalized spacial score (nSPS) is 12.3. The van der Waals surface area contributed by atoms with Crippen LogP contribution in [0.4, 0.5) is 5.69 Å². The zero-order valence-corrected chi connectivity index (χ0v) is 12.1. The Balaban J connectivity index is 1.69. The van der Waals surface area contributed by atoms with Crippen molar-refractivity contribution in [2.45, 2.75) is 19.6 Å². The summed E-state index contributed by atoms with van der Waals surface area (Å²) in [5.41, 5.74) is 1.91. The van der Waals surface area contributed by atoms with Gasteiger partial charge in [-0.3, -0.25) is 0 Å². The van der Waals surface area contributed by atoms with Crippen LogP contribution in [0.15, 0.2) is 41.0 Å². The van der Waals surface area contributed by atoms with Gasteiger partial charge in [-0.1, -0.05) is 17.7 Å². The van der Waals surface area contributed by atoms with Crippen molar-refractivity contribution in [2.75, 3.05) is 18.5 Å². The monoisotopic (exact) mass is 295 g/mol. The molecule has 1 aromatic heterocycles. The van der Waals surface area contributed by atoms with Crippen LogP contribution in [0.2, 0.25) is 5.02 Å². The van der Waals surface area contributed by atoms with Crippen LogP contribution in [0.25, 0.3) is 0 Å². The maximum absolute atomic E-state index is 9.81. The number of furan rings is 1. The number of anilines is 1. The predicted molar refractivity (Wildman–Crippen MR) is 79.0 cm³/mol. The van der Waals surface area contributed by atoms with Crippen LogP contribution in [0.5, 0.6) is 0 Å². The van der Waals surface area contributed by atoms with Crippen molar-refractivity contribution >= 4 is 17.3 Å². The minimum atomic E-state index is -0.593. The van der Waals surface area contributed by atoms with E-state index in [9.17, 15) is 5.11 Å². The maximum atomic E-state index is 9.81. The summed E-state index contributed by atoms with van der Waals surface area (Å²) in [6.45, 7) is 2.95. The highest BCUT2D eigenvalue weighted by atomic mass is 35.5. The number of benzene rings is 1. The molecule has 0 amide bonds. The largest absolute Gasteiger partial charge is 0.467 e. The third kappa shape index (κ3) is 4.56. The summed E-state index contributed by atoms with van der Waals surface area (Å²) in [7, 11) is 0. The van der Waals surface area contributed by atoms with Gasteiger partial charge in [0.2, 0.25) is 0 Å². The number of halogens is 1. The lowest BCUT2D eigenvalue weighted by Gasteiger charge is -2.13. The number of rotatable bonds is 7. The molecule has 20 heavy (non-hydrogen) atoms. The summed E-state index contributed by atoms with van der Waals surface area (Å²) in [5.74, 6) is 0.746. The fourth-order valence-electron chi connectivity index (χ4n) is 1.69. The number of aliphatic hydroxyl groups excluding tert-OH is 1. The SMILES string of the molecule is Cc1ccc(NCC(O)COCc2ccco2)cc1Cl. The Morgan fingerprint density at radius 2 is 2.25 bits per heavy atom. The van der Waals surface area contributed by atoms with Gasteiger partial charge in [-0.05, 0) is 36.8 Å². The van der Waals surface area contributed by atoms with Crippen LogP contribution in [-0.2, 0) is 11.3 Å². The fraction of sp³-hybridized carbons (Fsp3) is 0.333. The molecule has 1 atom stereocenters. The lowest BCUT2D eigenvalue weighted by Crippen LogP contribution is -2.24. The van der Waals surface area contributed by atoms with Crippen LogP contribution in [-0.4, -0.2) is 24.4 Å². The van der Waals surface area contributed by atoms with Crippen LogP contribution >= 0.6 is 11.6 Å². The van der Waals surface area contributed by atoms with Gasteiger partial charge in [-0.25, -0.2) is 0 Å². The van der Waals surface area contributed by atoms with Gasteiger partial charge in [-0.15, -0.1) is 0 Å². The van der Waals surface area contributed by atoms with Crippen LogP contribution in [0.3, 0.4) is 0 Å². The van der Waals surface area contributed by atoms with Gasteiger partial charge in [0.15, 0.2) is 0 Å². The average Bonchev–Trinajstić information content (AvgIpc) is 2.93. The van der Waals surface area contributed by atoms with E-state index in [2.05, 4.69) is 5.32 Å². The predicted octanol–water partition coefficient (Wildman–Crippen LogP) is 3.23. The van der Waals surface area contributed by atoms with Crippen molar-refractivity contribution in [1.82, 2.24) is 0 Å². The molecule has 0 aliphatic heterocycles. The standard InChI is InChI=1S/C15H18ClNO3/c1-11-4-5-12(7-15(11)16)17-8-13(18)9-19-10-14-3-2-6-20-14/h2-7,13,17-18H,8-10H2,1H3. The number of hydrogen-bond donors (Lipinski definition) is 2. The molecule has 1 aromatic carbocycles. The van der Waals surface area contributed by atoms with Gasteiger partial charge in [0, 0.05) is 17.3 Å². The van der Waals surface area contributed by atoms with E-state index < -0.39 is 6.10 Å². The first-order valence-corrected chi connectivity index (χ1v) is 6.81. The average molecular weight is 296 g/mol. The molecule has 108 valence electrons. The summed E-state index contributed by atoms with van der Waals surface area (Å²) in [5, 5.41) is 13.6. The van der Waals surface area contributed by atoms with E-state index >= 15 is 0 Å². The Morgan fingerprint density at radius 3 is 2.95 bits per heavy atom. The molecule has 1 unspecified atom stereocenters. The molecular weight excluding hydrogens is 278 g/mol. The highest BCUT2D eigenvalue weighted by molar-refractivity contribution is 6.31. The minimum Gasteiger partial charge on any atom is -0.467 e. The van der Waals surface area contributed by atoms with Gasteiger partial charge in [0.25, 0.3) is 0 Å². The van der Waals surface area contributed by atoms with E-state index in [1.54, 1.807) is 12.3 Å². The second-order valence-corrected chi connectivity index (χ2v) is 5.00. The van der Waals surface area contributed by atoms with E-state index in [0.717, 1.165) is 17.0 Å². The molecule has 2 N–H and O–H groups in total. The van der Waals surface area contributed by atoms with Crippen molar-refractivity contribution in [3.05, 3.63) is 52.9 Å². The van der Waals surface area contributed by atoms with Gasteiger partial charge in [-0.2, -0.15) is 0 Å². The van der Waals surface area contributed by atoms with Crippen molar-refractivity contribution in [3.63, 3.8) is 0 Å². The number of aryl methyl sites for hydroxylation is 1. The molecule has 0 aliphatic rings. The highest BCUT2D eigenvalue weighted by Gasteiger charge is 2.06. The molecule has 2 aromatic rings. The Labute approximate surface area is 123 Å². The summed E-state index contributed by atoms with van der Waals surface area (Å²) >= 11 is 6.03. The first kappa shape index (κ1) is 14.9. The molecule has 2 rings (SSSR count). The Hall–Kier alpha value is -1.49. The van der Waals surface area contributed by atoms with Gasteiger partial charge >= 0.3 is 0 Å². The summed E-state index contributed by atoms with van der Waals surface area (Å²) in [6, 6.07) is 9.34. The third-order valence-electron chi connectivity index (χ3n) is 2.85. The lowest BCUT2D eigenvalue weighted by molar-refractivity contribution is 0.0282. The number of ether oxygens (including phenoxy) is 1. The van der Waals surface area contributed by atoms with Crippen LogP contribution in [0, 0.1) is 6.92 Å². The molecule has 4 nitrogen and oxygen atoms in total. The Morgan fingerprint density at radius 1 is 1.40 bits per heavy atom. The quantitative estimate of drug-likeness (QED) is 0.823. The third-order valence-corrected chi connectivity index (χ3v) is 3.26. The first-order valence-electron chi connectivity index (χ1n) is 6.43. The van der Waals surface area contributed by atoms with Gasteiger partial charge in [0.05, 0.1) is 19.0 Å². The van der Waals surface area contributed by atoms with Gasteiger partial charge < -0.3 is 19.6 Å². The first-order chi connectivity index (χ1) is 9.65. The zero-order chi connectivity index (χ0) is 14.4. The molecule has 5 heteroatoms. The zero-order valence-electron chi connectivity index (χ0n) is 11.3. The second kappa shape index (κ2) is 7.33. The minimum absolute atomic E-state index is 0.243. The van der Waals surface area contributed by atoms with E-state index in [1.165, 1.54) is 0 Å².